The number of phenols is 1. The van der Waals surface area contributed by atoms with Gasteiger partial charge in [0.05, 0.1) is 24.8 Å². The SMILES string of the molecule is Cc1cc(OCc2ccccc2)ccc1/C(O)=C1\C(=O)C(=O)N(CCN2CCOCC2)[C@@H]1c1ccc(O)cc1. The van der Waals surface area contributed by atoms with Crippen LogP contribution in [0.2, 0.25) is 0 Å². The van der Waals surface area contributed by atoms with Gasteiger partial charge in [0.1, 0.15) is 23.9 Å². The summed E-state index contributed by atoms with van der Waals surface area (Å²) in [6.07, 6.45) is 0. The Bertz CT molecular complexity index is 1360. The average molecular weight is 529 g/mol. The number of ether oxygens (including phenoxy) is 2. The lowest BCUT2D eigenvalue weighted by atomic mass is 9.94. The van der Waals surface area contributed by atoms with Gasteiger partial charge in [0.25, 0.3) is 11.7 Å². The van der Waals surface area contributed by atoms with E-state index in [1.807, 2.05) is 43.3 Å². The quantitative estimate of drug-likeness (QED) is 0.259. The molecule has 8 heteroatoms. The summed E-state index contributed by atoms with van der Waals surface area (Å²) < 4.78 is 11.3. The zero-order valence-electron chi connectivity index (χ0n) is 21.9. The number of aromatic hydroxyl groups is 1. The van der Waals surface area contributed by atoms with Crippen molar-refractivity contribution in [2.24, 2.45) is 0 Å². The summed E-state index contributed by atoms with van der Waals surface area (Å²) in [5, 5.41) is 21.3. The molecule has 202 valence electrons. The molecule has 39 heavy (non-hydrogen) atoms. The maximum Gasteiger partial charge on any atom is 0.295 e. The highest BCUT2D eigenvalue weighted by molar-refractivity contribution is 6.46. The van der Waals surface area contributed by atoms with Crippen molar-refractivity contribution in [3.05, 3.63) is 101 Å². The predicted molar refractivity (Wildman–Crippen MR) is 146 cm³/mol. The third kappa shape index (κ3) is 5.82. The van der Waals surface area contributed by atoms with Crippen molar-refractivity contribution in [1.82, 2.24) is 9.80 Å². The normalized spacial score (nSPS) is 19.4. The molecule has 5 rings (SSSR count). The molecule has 3 aromatic carbocycles. The molecule has 3 aromatic rings. The average Bonchev–Trinajstić information content (AvgIpc) is 3.21. The zero-order valence-corrected chi connectivity index (χ0v) is 21.9. The van der Waals surface area contributed by atoms with Crippen LogP contribution < -0.4 is 4.74 Å². The second-order valence-electron chi connectivity index (χ2n) is 9.79. The summed E-state index contributed by atoms with van der Waals surface area (Å²) in [5.74, 6) is -0.896. The molecule has 1 atom stereocenters. The number of Topliss-reactive ketones (excluding diaryl/α,β-unsaturated/α-hetero) is 1. The topological polar surface area (TPSA) is 99.5 Å². The molecule has 2 heterocycles. The number of carbonyl (C=O) groups excluding carboxylic acids is 2. The lowest BCUT2D eigenvalue weighted by molar-refractivity contribution is -0.140. The number of morpholine rings is 1. The van der Waals surface area contributed by atoms with Gasteiger partial charge in [-0.1, -0.05) is 42.5 Å². The summed E-state index contributed by atoms with van der Waals surface area (Å²) in [4.78, 5) is 30.3. The smallest absolute Gasteiger partial charge is 0.295 e. The Morgan fingerprint density at radius 1 is 0.974 bits per heavy atom. The van der Waals surface area contributed by atoms with Gasteiger partial charge in [0.2, 0.25) is 0 Å². The Hall–Kier alpha value is -4.14. The number of aryl methyl sites for hydroxylation is 1. The van der Waals surface area contributed by atoms with Crippen LogP contribution in [-0.2, 0) is 20.9 Å². The van der Waals surface area contributed by atoms with E-state index < -0.39 is 17.7 Å². The number of aliphatic hydroxyl groups excluding tert-OH is 1. The number of aliphatic hydroxyl groups is 1. The van der Waals surface area contributed by atoms with E-state index in [0.29, 0.717) is 55.4 Å². The summed E-state index contributed by atoms with van der Waals surface area (Å²) in [6.45, 7) is 5.90. The molecular weight excluding hydrogens is 496 g/mol. The van der Waals surface area contributed by atoms with Gasteiger partial charge >= 0.3 is 0 Å². The first-order valence-corrected chi connectivity index (χ1v) is 13.1. The molecule has 0 aliphatic carbocycles. The van der Waals surface area contributed by atoms with E-state index in [1.54, 1.807) is 24.3 Å². The van der Waals surface area contributed by atoms with Gasteiger partial charge < -0.3 is 24.6 Å². The fourth-order valence-electron chi connectivity index (χ4n) is 5.07. The number of hydrogen-bond acceptors (Lipinski definition) is 7. The molecular formula is C31H32N2O6. The van der Waals surface area contributed by atoms with Crippen molar-refractivity contribution in [2.45, 2.75) is 19.6 Å². The highest BCUT2D eigenvalue weighted by atomic mass is 16.5. The van der Waals surface area contributed by atoms with E-state index in [1.165, 1.54) is 17.0 Å². The number of rotatable bonds is 8. The standard InChI is InChI=1S/C31H32N2O6/c1-21-19-25(39-20-22-5-3-2-4-6-22)11-12-26(21)29(35)27-28(23-7-9-24(34)10-8-23)33(31(37)30(27)36)14-13-32-15-17-38-18-16-32/h2-12,19,28,34-35H,13-18,20H2,1H3/b29-27+/t28-/m1/s1. The molecule has 2 aliphatic heterocycles. The molecule has 0 radical (unpaired) electrons. The second-order valence-corrected chi connectivity index (χ2v) is 9.79. The summed E-state index contributed by atoms with van der Waals surface area (Å²) in [5.41, 5.74) is 2.87. The van der Waals surface area contributed by atoms with Crippen molar-refractivity contribution >= 4 is 17.4 Å². The van der Waals surface area contributed by atoms with Crippen molar-refractivity contribution in [2.75, 3.05) is 39.4 Å². The molecule has 0 spiro atoms. The van der Waals surface area contributed by atoms with Gasteiger partial charge in [-0.3, -0.25) is 14.5 Å². The number of likely N-dealkylation sites (tertiary alicyclic amines) is 1. The molecule has 0 saturated carbocycles. The van der Waals surface area contributed by atoms with Crippen molar-refractivity contribution in [3.63, 3.8) is 0 Å². The second kappa shape index (κ2) is 11.7. The Balaban J connectivity index is 1.45. The number of carbonyl (C=O) groups is 2. The number of ketones is 1. The van der Waals surface area contributed by atoms with Crippen molar-refractivity contribution < 1.29 is 29.3 Å². The molecule has 2 saturated heterocycles. The molecule has 2 N–H and O–H groups in total. The zero-order chi connectivity index (χ0) is 27.4. The lowest BCUT2D eigenvalue weighted by Crippen LogP contribution is -2.42. The number of benzene rings is 3. The Labute approximate surface area is 227 Å². The van der Waals surface area contributed by atoms with Gasteiger partial charge in [-0.05, 0) is 53.9 Å². The first-order chi connectivity index (χ1) is 18.9. The Morgan fingerprint density at radius 2 is 1.69 bits per heavy atom. The van der Waals surface area contributed by atoms with Crippen LogP contribution in [0.15, 0.2) is 78.4 Å². The molecule has 0 unspecified atom stereocenters. The fraction of sp³-hybridized carbons (Fsp3) is 0.290. The maximum atomic E-state index is 13.4. The highest BCUT2D eigenvalue weighted by Crippen LogP contribution is 2.40. The van der Waals surface area contributed by atoms with Gasteiger partial charge in [-0.2, -0.15) is 0 Å². The van der Waals surface area contributed by atoms with E-state index in [4.69, 9.17) is 9.47 Å². The van der Waals surface area contributed by atoms with E-state index in [0.717, 1.165) is 18.7 Å². The van der Waals surface area contributed by atoms with Crippen LogP contribution in [0.3, 0.4) is 0 Å². The van der Waals surface area contributed by atoms with Crippen molar-refractivity contribution in [3.8, 4) is 11.5 Å². The third-order valence-electron chi connectivity index (χ3n) is 7.21. The van der Waals surface area contributed by atoms with Crippen LogP contribution in [0, 0.1) is 6.92 Å². The van der Waals surface area contributed by atoms with Gasteiger partial charge in [-0.25, -0.2) is 0 Å². The van der Waals surface area contributed by atoms with Crippen LogP contribution in [-0.4, -0.2) is 71.1 Å². The van der Waals surface area contributed by atoms with E-state index >= 15 is 0 Å². The largest absolute Gasteiger partial charge is 0.508 e. The van der Waals surface area contributed by atoms with Crippen LogP contribution in [0.1, 0.15) is 28.3 Å². The van der Waals surface area contributed by atoms with Crippen LogP contribution in [0.5, 0.6) is 11.5 Å². The van der Waals surface area contributed by atoms with Crippen molar-refractivity contribution in [1.29, 1.82) is 0 Å². The number of phenolic OH excluding ortho intramolecular Hbond substituents is 1. The van der Waals surface area contributed by atoms with E-state index in [9.17, 15) is 19.8 Å². The van der Waals surface area contributed by atoms with Gasteiger partial charge in [0.15, 0.2) is 0 Å². The number of amides is 1. The molecule has 2 fully saturated rings. The van der Waals surface area contributed by atoms with Gasteiger partial charge in [-0.15, -0.1) is 0 Å². The lowest BCUT2D eigenvalue weighted by Gasteiger charge is -2.31. The Kier molecular flexibility index (Phi) is 7.95. The number of hydrogen-bond donors (Lipinski definition) is 2. The van der Waals surface area contributed by atoms with Gasteiger partial charge in [0, 0.05) is 31.7 Å². The van der Waals surface area contributed by atoms with Crippen LogP contribution in [0.4, 0.5) is 0 Å². The summed E-state index contributed by atoms with van der Waals surface area (Å²) in [6, 6.07) is 20.7. The van der Waals surface area contributed by atoms with Crippen LogP contribution >= 0.6 is 0 Å². The highest BCUT2D eigenvalue weighted by Gasteiger charge is 2.46. The molecule has 8 nitrogen and oxygen atoms in total. The third-order valence-corrected chi connectivity index (χ3v) is 7.21. The summed E-state index contributed by atoms with van der Waals surface area (Å²) in [7, 11) is 0. The van der Waals surface area contributed by atoms with E-state index in [2.05, 4.69) is 4.90 Å². The van der Waals surface area contributed by atoms with Crippen LogP contribution in [0.25, 0.3) is 5.76 Å². The molecule has 0 bridgehead atoms. The molecule has 1 amide bonds. The summed E-state index contributed by atoms with van der Waals surface area (Å²) >= 11 is 0. The molecule has 0 aromatic heterocycles. The molecule has 2 aliphatic rings. The van der Waals surface area contributed by atoms with E-state index in [-0.39, 0.29) is 17.1 Å². The predicted octanol–water partition coefficient (Wildman–Crippen LogP) is 4.03. The Morgan fingerprint density at radius 3 is 2.38 bits per heavy atom. The first-order valence-electron chi connectivity index (χ1n) is 13.1. The first kappa shape index (κ1) is 26.5. The minimum atomic E-state index is -0.778. The number of nitrogens with zero attached hydrogens (tertiary/aromatic N) is 2. The monoisotopic (exact) mass is 528 g/mol. The minimum Gasteiger partial charge on any atom is -0.508 e. The fourth-order valence-corrected chi connectivity index (χ4v) is 5.07. The minimum absolute atomic E-state index is 0.0359. The maximum absolute atomic E-state index is 13.4.